The van der Waals surface area contributed by atoms with Crippen LogP contribution >= 0.6 is 15.9 Å². The second-order valence-electron chi connectivity index (χ2n) is 3.86. The number of hydrogen-bond acceptors (Lipinski definition) is 2. The van der Waals surface area contributed by atoms with E-state index in [-0.39, 0.29) is 5.56 Å². The Bertz CT molecular complexity index is 632. The molecule has 2 aromatic rings. The van der Waals surface area contributed by atoms with Crippen LogP contribution in [-0.2, 0) is 0 Å². The van der Waals surface area contributed by atoms with Gasteiger partial charge < -0.3 is 5.32 Å². The van der Waals surface area contributed by atoms with E-state index in [1.165, 1.54) is 6.07 Å². The van der Waals surface area contributed by atoms with Crippen molar-refractivity contribution in [3.05, 3.63) is 57.8 Å². The van der Waals surface area contributed by atoms with Gasteiger partial charge >= 0.3 is 0 Å². The molecule has 0 aliphatic rings. The molecule has 0 saturated heterocycles. The van der Waals surface area contributed by atoms with Crippen LogP contribution in [0.1, 0.15) is 11.1 Å². The van der Waals surface area contributed by atoms with Gasteiger partial charge in [0.05, 0.1) is 5.69 Å². The van der Waals surface area contributed by atoms with E-state index in [1.807, 2.05) is 31.2 Å². The van der Waals surface area contributed by atoms with Crippen LogP contribution in [0.25, 0.3) is 0 Å². The lowest BCUT2D eigenvalue weighted by Gasteiger charge is -2.11. The minimum Gasteiger partial charge on any atom is -0.354 e. The molecule has 0 heterocycles. The SMILES string of the molecule is Cc1cc(Br)ccc1Nc1cccc(F)c1C#N. The Labute approximate surface area is 113 Å². The summed E-state index contributed by atoms with van der Waals surface area (Å²) in [5.41, 5.74) is 2.36. The van der Waals surface area contributed by atoms with Crippen LogP contribution in [0.4, 0.5) is 15.8 Å². The minimum atomic E-state index is -0.516. The van der Waals surface area contributed by atoms with Gasteiger partial charge in [-0.3, -0.25) is 0 Å². The summed E-state index contributed by atoms with van der Waals surface area (Å²) < 4.78 is 14.4. The fourth-order valence-corrected chi connectivity index (χ4v) is 2.13. The van der Waals surface area contributed by atoms with E-state index in [2.05, 4.69) is 21.2 Å². The van der Waals surface area contributed by atoms with Crippen molar-refractivity contribution in [2.45, 2.75) is 6.92 Å². The molecule has 0 spiro atoms. The fourth-order valence-electron chi connectivity index (χ4n) is 1.65. The molecule has 1 N–H and O–H groups in total. The number of nitriles is 1. The summed E-state index contributed by atoms with van der Waals surface area (Å²) in [4.78, 5) is 0. The number of nitrogens with zero attached hydrogens (tertiary/aromatic N) is 1. The van der Waals surface area contributed by atoms with Gasteiger partial charge in [-0.25, -0.2) is 4.39 Å². The normalized spacial score (nSPS) is 9.89. The highest BCUT2D eigenvalue weighted by molar-refractivity contribution is 9.10. The molecule has 0 bridgehead atoms. The molecule has 0 aromatic heterocycles. The molecule has 0 saturated carbocycles. The van der Waals surface area contributed by atoms with E-state index in [4.69, 9.17) is 5.26 Å². The molecule has 90 valence electrons. The number of anilines is 2. The zero-order valence-corrected chi connectivity index (χ0v) is 11.3. The molecule has 0 fully saturated rings. The second-order valence-corrected chi connectivity index (χ2v) is 4.77. The monoisotopic (exact) mass is 304 g/mol. The van der Waals surface area contributed by atoms with Crippen LogP contribution < -0.4 is 5.32 Å². The number of benzene rings is 2. The molecule has 0 unspecified atom stereocenters. The van der Waals surface area contributed by atoms with Gasteiger partial charge in [0.15, 0.2) is 0 Å². The number of nitrogens with one attached hydrogen (secondary N) is 1. The predicted octanol–water partition coefficient (Wildman–Crippen LogP) is 4.51. The van der Waals surface area contributed by atoms with Gasteiger partial charge in [-0.1, -0.05) is 22.0 Å². The highest BCUT2D eigenvalue weighted by atomic mass is 79.9. The number of aryl methyl sites for hydroxylation is 1. The van der Waals surface area contributed by atoms with Gasteiger partial charge in [0, 0.05) is 10.2 Å². The maximum atomic E-state index is 13.4. The maximum absolute atomic E-state index is 13.4. The molecule has 0 amide bonds. The molecule has 2 rings (SSSR count). The Hall–Kier alpha value is -1.86. The Balaban J connectivity index is 2.41. The Kier molecular flexibility index (Phi) is 3.63. The quantitative estimate of drug-likeness (QED) is 0.886. The maximum Gasteiger partial charge on any atom is 0.143 e. The number of rotatable bonds is 2. The zero-order valence-electron chi connectivity index (χ0n) is 9.67. The van der Waals surface area contributed by atoms with E-state index in [1.54, 1.807) is 12.1 Å². The minimum absolute atomic E-state index is 0.0276. The lowest BCUT2D eigenvalue weighted by molar-refractivity contribution is 0.624. The topological polar surface area (TPSA) is 35.8 Å². The van der Waals surface area contributed by atoms with E-state index in [0.717, 1.165) is 15.7 Å². The van der Waals surface area contributed by atoms with Gasteiger partial charge in [-0.15, -0.1) is 0 Å². The smallest absolute Gasteiger partial charge is 0.143 e. The van der Waals surface area contributed by atoms with Crippen molar-refractivity contribution in [3.8, 4) is 6.07 Å². The zero-order chi connectivity index (χ0) is 13.1. The predicted molar refractivity (Wildman–Crippen MR) is 73.3 cm³/mol. The van der Waals surface area contributed by atoms with Crippen LogP contribution in [0.3, 0.4) is 0 Å². The van der Waals surface area contributed by atoms with E-state index in [9.17, 15) is 4.39 Å². The van der Waals surface area contributed by atoms with Gasteiger partial charge in [0.25, 0.3) is 0 Å². The molecule has 18 heavy (non-hydrogen) atoms. The first-order chi connectivity index (χ1) is 8.61. The van der Waals surface area contributed by atoms with Crippen molar-refractivity contribution in [3.63, 3.8) is 0 Å². The van der Waals surface area contributed by atoms with Crippen LogP contribution in [0.15, 0.2) is 40.9 Å². The van der Waals surface area contributed by atoms with Crippen LogP contribution in [0, 0.1) is 24.1 Å². The molecule has 0 aliphatic heterocycles. The van der Waals surface area contributed by atoms with E-state index < -0.39 is 5.82 Å². The van der Waals surface area contributed by atoms with Crippen molar-refractivity contribution >= 4 is 27.3 Å². The lowest BCUT2D eigenvalue weighted by atomic mass is 10.1. The third kappa shape index (κ3) is 2.52. The molecule has 0 atom stereocenters. The molecule has 2 aromatic carbocycles. The Morgan fingerprint density at radius 1 is 1.22 bits per heavy atom. The first-order valence-electron chi connectivity index (χ1n) is 5.33. The second kappa shape index (κ2) is 5.19. The van der Waals surface area contributed by atoms with Gasteiger partial charge in [-0.05, 0) is 42.8 Å². The molecule has 0 aliphatic carbocycles. The largest absolute Gasteiger partial charge is 0.354 e. The molecule has 0 radical (unpaired) electrons. The first kappa shape index (κ1) is 12.6. The van der Waals surface area contributed by atoms with Crippen molar-refractivity contribution in [2.24, 2.45) is 0 Å². The summed E-state index contributed by atoms with van der Waals surface area (Å²) in [7, 11) is 0. The molecule has 2 nitrogen and oxygen atoms in total. The van der Waals surface area contributed by atoms with Gasteiger partial charge in [-0.2, -0.15) is 5.26 Å². The van der Waals surface area contributed by atoms with Crippen molar-refractivity contribution in [2.75, 3.05) is 5.32 Å². The summed E-state index contributed by atoms with van der Waals surface area (Å²) in [6, 6.07) is 12.1. The van der Waals surface area contributed by atoms with E-state index >= 15 is 0 Å². The third-order valence-corrected chi connectivity index (χ3v) is 3.08. The Morgan fingerprint density at radius 2 is 2.00 bits per heavy atom. The summed E-state index contributed by atoms with van der Waals surface area (Å²) >= 11 is 3.38. The summed E-state index contributed by atoms with van der Waals surface area (Å²) in [6.45, 7) is 1.94. The highest BCUT2D eigenvalue weighted by Crippen LogP contribution is 2.26. The summed E-state index contributed by atoms with van der Waals surface area (Å²) in [5, 5.41) is 12.0. The van der Waals surface area contributed by atoms with Crippen molar-refractivity contribution in [1.82, 2.24) is 0 Å². The fraction of sp³-hybridized carbons (Fsp3) is 0.0714. The first-order valence-corrected chi connectivity index (χ1v) is 6.13. The average molecular weight is 305 g/mol. The number of halogens is 2. The van der Waals surface area contributed by atoms with Gasteiger partial charge in [0.2, 0.25) is 0 Å². The third-order valence-electron chi connectivity index (χ3n) is 2.58. The molecule has 4 heteroatoms. The average Bonchev–Trinajstić information content (AvgIpc) is 2.33. The van der Waals surface area contributed by atoms with Crippen molar-refractivity contribution < 1.29 is 4.39 Å². The van der Waals surface area contributed by atoms with Crippen molar-refractivity contribution in [1.29, 1.82) is 5.26 Å². The summed E-state index contributed by atoms with van der Waals surface area (Å²) in [5.74, 6) is -0.516. The Morgan fingerprint density at radius 3 is 2.67 bits per heavy atom. The molecular formula is C14H10BrFN2. The van der Waals surface area contributed by atoms with E-state index in [0.29, 0.717) is 5.69 Å². The van der Waals surface area contributed by atoms with Crippen LogP contribution in [-0.4, -0.2) is 0 Å². The van der Waals surface area contributed by atoms with Crippen LogP contribution in [0.5, 0.6) is 0 Å². The van der Waals surface area contributed by atoms with Gasteiger partial charge in [0.1, 0.15) is 17.4 Å². The van der Waals surface area contributed by atoms with Crippen LogP contribution in [0.2, 0.25) is 0 Å². The summed E-state index contributed by atoms with van der Waals surface area (Å²) in [6.07, 6.45) is 0. The standard InChI is InChI=1S/C14H10BrFN2/c1-9-7-10(15)5-6-13(9)18-14-4-2-3-12(16)11(14)8-17/h2-7,18H,1H3. The highest BCUT2D eigenvalue weighted by Gasteiger charge is 2.08. The molecular weight excluding hydrogens is 295 g/mol. The number of hydrogen-bond donors (Lipinski definition) is 1. The lowest BCUT2D eigenvalue weighted by Crippen LogP contribution is -1.97.